The maximum Gasteiger partial charge on any atom is 0.239 e. The van der Waals surface area contributed by atoms with E-state index in [2.05, 4.69) is 15.5 Å². The Morgan fingerprint density at radius 3 is 3.17 bits per heavy atom. The second-order valence-electron chi connectivity index (χ2n) is 5.43. The zero-order valence-corrected chi connectivity index (χ0v) is 12.7. The Balaban J connectivity index is 1.47. The van der Waals surface area contributed by atoms with Gasteiger partial charge in [-0.1, -0.05) is 11.2 Å². The minimum absolute atomic E-state index is 0.105. The van der Waals surface area contributed by atoms with Crippen LogP contribution in [-0.4, -0.2) is 46.7 Å². The van der Waals surface area contributed by atoms with Crippen LogP contribution in [0.2, 0.25) is 0 Å². The Morgan fingerprint density at radius 1 is 1.57 bits per heavy atom. The zero-order chi connectivity index (χ0) is 16.2. The molecule has 0 aliphatic carbocycles. The van der Waals surface area contributed by atoms with Gasteiger partial charge in [0.05, 0.1) is 6.54 Å². The third kappa shape index (κ3) is 4.26. The van der Waals surface area contributed by atoms with Gasteiger partial charge in [-0.3, -0.25) is 9.69 Å². The van der Waals surface area contributed by atoms with E-state index in [0.29, 0.717) is 18.1 Å². The molecule has 0 bridgehead atoms. The van der Waals surface area contributed by atoms with Crippen molar-refractivity contribution in [2.24, 2.45) is 0 Å². The molecule has 1 N–H and O–H groups in total. The molecule has 1 aliphatic heterocycles. The monoisotopic (exact) mass is 320 g/mol. The molecule has 1 atom stereocenters. The van der Waals surface area contributed by atoms with Gasteiger partial charge in [0.2, 0.25) is 17.7 Å². The van der Waals surface area contributed by atoms with Crippen molar-refractivity contribution in [3.8, 4) is 5.88 Å². The fraction of sp³-hybridized carbons (Fsp3) is 0.400. The summed E-state index contributed by atoms with van der Waals surface area (Å²) in [5, 5.41) is 6.39. The van der Waals surface area contributed by atoms with Gasteiger partial charge >= 0.3 is 0 Å². The van der Waals surface area contributed by atoms with E-state index in [1.54, 1.807) is 25.1 Å². The van der Waals surface area contributed by atoms with E-state index in [4.69, 9.17) is 9.26 Å². The summed E-state index contributed by atoms with van der Waals surface area (Å²) < 4.78 is 23.6. The van der Waals surface area contributed by atoms with E-state index >= 15 is 0 Å². The van der Waals surface area contributed by atoms with Crippen LogP contribution in [0.1, 0.15) is 12.2 Å². The van der Waals surface area contributed by atoms with Gasteiger partial charge < -0.3 is 14.6 Å². The van der Waals surface area contributed by atoms with Crippen molar-refractivity contribution >= 4 is 11.7 Å². The molecule has 1 unspecified atom stereocenters. The van der Waals surface area contributed by atoms with Gasteiger partial charge in [0.25, 0.3) is 0 Å². The lowest BCUT2D eigenvalue weighted by Gasteiger charge is -2.15. The number of pyridine rings is 1. The fourth-order valence-corrected chi connectivity index (χ4v) is 2.47. The number of hydrogen-bond acceptors (Lipinski definition) is 6. The average Bonchev–Trinajstić information content (AvgIpc) is 3.08. The molecular formula is C15H17FN4O3. The molecule has 7 nitrogen and oxygen atoms in total. The number of rotatable bonds is 5. The lowest BCUT2D eigenvalue weighted by atomic mass is 10.3. The topological polar surface area (TPSA) is 80.5 Å². The molecule has 23 heavy (non-hydrogen) atoms. The molecule has 2 aromatic heterocycles. The molecule has 0 radical (unpaired) electrons. The van der Waals surface area contributed by atoms with Crippen molar-refractivity contribution < 1.29 is 18.4 Å². The normalized spacial score (nSPS) is 18.1. The minimum Gasteiger partial charge on any atom is -0.473 e. The first-order valence-electron chi connectivity index (χ1n) is 7.33. The Kier molecular flexibility index (Phi) is 4.52. The number of anilines is 1. The number of aryl methyl sites for hydroxylation is 1. The van der Waals surface area contributed by atoms with Gasteiger partial charge in [-0.2, -0.15) is 9.37 Å². The van der Waals surface area contributed by atoms with E-state index in [-0.39, 0.29) is 24.4 Å². The summed E-state index contributed by atoms with van der Waals surface area (Å²) in [6.45, 7) is 3.31. The van der Waals surface area contributed by atoms with Gasteiger partial charge in [0.1, 0.15) is 11.9 Å². The summed E-state index contributed by atoms with van der Waals surface area (Å²) in [5.74, 6) is 0.572. The molecular weight excluding hydrogens is 303 g/mol. The summed E-state index contributed by atoms with van der Waals surface area (Å²) in [5.41, 5.74) is 0. The highest BCUT2D eigenvalue weighted by atomic mass is 19.1. The SMILES string of the molecule is Cc1cc(NC(=O)CN2CCC(Oc3cccc(F)n3)C2)no1. The lowest BCUT2D eigenvalue weighted by molar-refractivity contribution is -0.117. The van der Waals surface area contributed by atoms with E-state index in [1.165, 1.54) is 6.07 Å². The lowest BCUT2D eigenvalue weighted by Crippen LogP contribution is -2.33. The number of hydrogen-bond donors (Lipinski definition) is 1. The van der Waals surface area contributed by atoms with E-state index in [0.717, 1.165) is 13.0 Å². The first-order valence-corrected chi connectivity index (χ1v) is 7.33. The van der Waals surface area contributed by atoms with Crippen LogP contribution in [0.15, 0.2) is 28.8 Å². The molecule has 1 fully saturated rings. The Hall–Kier alpha value is -2.48. The summed E-state index contributed by atoms with van der Waals surface area (Å²) >= 11 is 0. The number of likely N-dealkylation sites (tertiary alicyclic amines) is 1. The number of carbonyl (C=O) groups excluding carboxylic acids is 1. The van der Waals surface area contributed by atoms with Crippen molar-refractivity contribution in [1.82, 2.24) is 15.0 Å². The Morgan fingerprint density at radius 2 is 2.43 bits per heavy atom. The largest absolute Gasteiger partial charge is 0.473 e. The molecule has 2 aromatic rings. The number of nitrogens with one attached hydrogen (secondary N) is 1. The van der Waals surface area contributed by atoms with Crippen LogP contribution in [0.4, 0.5) is 10.2 Å². The number of halogens is 1. The fourth-order valence-electron chi connectivity index (χ4n) is 2.47. The van der Waals surface area contributed by atoms with Crippen LogP contribution in [0.3, 0.4) is 0 Å². The summed E-state index contributed by atoms with van der Waals surface area (Å²) in [6, 6.07) is 6.09. The second-order valence-corrected chi connectivity index (χ2v) is 5.43. The summed E-state index contributed by atoms with van der Waals surface area (Å²) in [7, 11) is 0. The predicted molar refractivity (Wildman–Crippen MR) is 79.5 cm³/mol. The Bertz CT molecular complexity index is 691. The summed E-state index contributed by atoms with van der Waals surface area (Å²) in [6.07, 6.45) is 0.653. The highest BCUT2D eigenvalue weighted by Crippen LogP contribution is 2.17. The second kappa shape index (κ2) is 6.74. The first-order chi connectivity index (χ1) is 11.1. The number of nitrogens with zero attached hydrogens (tertiary/aromatic N) is 3. The quantitative estimate of drug-likeness (QED) is 0.843. The van der Waals surface area contributed by atoms with Crippen LogP contribution in [0, 0.1) is 12.9 Å². The third-order valence-electron chi connectivity index (χ3n) is 3.47. The average molecular weight is 320 g/mol. The standard InChI is InChI=1S/C15H17FN4O3/c1-10-7-13(19-23-10)18-14(21)9-20-6-5-11(8-20)22-15-4-2-3-12(16)17-15/h2-4,7,11H,5-6,8-9H2,1H3,(H,18,19,21). The van der Waals surface area contributed by atoms with Gasteiger partial charge in [-0.15, -0.1) is 0 Å². The molecule has 3 rings (SSSR count). The van der Waals surface area contributed by atoms with Crippen molar-refractivity contribution in [2.45, 2.75) is 19.4 Å². The smallest absolute Gasteiger partial charge is 0.239 e. The highest BCUT2D eigenvalue weighted by molar-refractivity contribution is 5.91. The van der Waals surface area contributed by atoms with Gasteiger partial charge in [0.15, 0.2) is 5.82 Å². The minimum atomic E-state index is -0.570. The van der Waals surface area contributed by atoms with E-state index < -0.39 is 5.95 Å². The first kappa shape index (κ1) is 15.4. The highest BCUT2D eigenvalue weighted by Gasteiger charge is 2.26. The van der Waals surface area contributed by atoms with Crippen molar-refractivity contribution in [3.63, 3.8) is 0 Å². The van der Waals surface area contributed by atoms with Crippen LogP contribution in [0.5, 0.6) is 5.88 Å². The van der Waals surface area contributed by atoms with Crippen molar-refractivity contribution in [2.75, 3.05) is 25.0 Å². The molecule has 1 saturated heterocycles. The van der Waals surface area contributed by atoms with Gasteiger partial charge in [0, 0.05) is 25.2 Å². The zero-order valence-electron chi connectivity index (χ0n) is 12.7. The molecule has 0 saturated carbocycles. The molecule has 0 spiro atoms. The van der Waals surface area contributed by atoms with Crippen LogP contribution >= 0.6 is 0 Å². The van der Waals surface area contributed by atoms with E-state index in [9.17, 15) is 9.18 Å². The molecule has 1 amide bonds. The van der Waals surface area contributed by atoms with E-state index in [1.807, 2.05) is 4.90 Å². The third-order valence-corrected chi connectivity index (χ3v) is 3.47. The van der Waals surface area contributed by atoms with Crippen molar-refractivity contribution in [1.29, 1.82) is 0 Å². The molecule has 0 aromatic carbocycles. The molecule has 8 heteroatoms. The molecule has 122 valence electrons. The maximum atomic E-state index is 13.0. The van der Waals surface area contributed by atoms with Crippen LogP contribution in [0.25, 0.3) is 0 Å². The molecule has 1 aliphatic rings. The number of aromatic nitrogens is 2. The number of carbonyl (C=O) groups is 1. The predicted octanol–water partition coefficient (Wildman–Crippen LogP) is 1.61. The molecule has 3 heterocycles. The number of ether oxygens (including phenoxy) is 1. The number of amides is 1. The van der Waals surface area contributed by atoms with Crippen molar-refractivity contribution in [3.05, 3.63) is 36.0 Å². The van der Waals surface area contributed by atoms with Gasteiger partial charge in [-0.05, 0) is 19.4 Å². The Labute approximate surface area is 132 Å². The van der Waals surface area contributed by atoms with Gasteiger partial charge in [-0.25, -0.2) is 0 Å². The van der Waals surface area contributed by atoms with Crippen LogP contribution in [-0.2, 0) is 4.79 Å². The van der Waals surface area contributed by atoms with Crippen LogP contribution < -0.4 is 10.1 Å². The maximum absolute atomic E-state index is 13.0. The summed E-state index contributed by atoms with van der Waals surface area (Å²) in [4.78, 5) is 17.6.